The van der Waals surface area contributed by atoms with E-state index in [-0.39, 0.29) is 22.3 Å². The van der Waals surface area contributed by atoms with Gasteiger partial charge in [-0.25, -0.2) is 9.18 Å². The maximum absolute atomic E-state index is 14.4. The number of hydrogen-bond donors (Lipinski definition) is 2. The molecule has 3 rings (SSSR count). The fraction of sp³-hybridized carbons (Fsp3) is 0.429. The standard InChI is InChI=1S/C14H14FN3O4S/c15-11-4-3-9(18(21)22)6-10(11)14-5-1-2-8(14)7-23-12(17-14)16-13(19)20/h3-4,6,8H,1-2,5,7H2,(H,16,17)(H,19,20)/t8-,14-/m0/s1. The summed E-state index contributed by atoms with van der Waals surface area (Å²) < 4.78 is 14.4. The highest BCUT2D eigenvalue weighted by atomic mass is 32.2. The molecule has 0 radical (unpaired) electrons. The van der Waals surface area contributed by atoms with Crippen LogP contribution in [0.15, 0.2) is 23.2 Å². The molecular formula is C14H14FN3O4S. The summed E-state index contributed by atoms with van der Waals surface area (Å²) in [5.41, 5.74) is -0.944. The number of carboxylic acid groups (broad SMARTS) is 1. The number of nitro groups is 1. The molecule has 1 aromatic rings. The number of carbonyl (C=O) groups is 1. The SMILES string of the molecule is O=C(O)NC1=N[C@@]2(c3cc([N+](=O)[O-])ccc3F)CCC[C@H]2CS1. The van der Waals surface area contributed by atoms with Crippen molar-refractivity contribution in [2.24, 2.45) is 10.9 Å². The third-order valence-corrected chi connectivity index (χ3v) is 5.39. The largest absolute Gasteiger partial charge is 0.465 e. The molecule has 9 heteroatoms. The molecule has 2 aliphatic rings. The van der Waals surface area contributed by atoms with Crippen molar-refractivity contribution in [1.82, 2.24) is 5.32 Å². The van der Waals surface area contributed by atoms with Crippen molar-refractivity contribution in [2.75, 3.05) is 5.75 Å². The smallest absolute Gasteiger partial charge is 0.410 e. The normalized spacial score (nSPS) is 26.3. The van der Waals surface area contributed by atoms with Crippen LogP contribution in [0.5, 0.6) is 0 Å². The molecule has 0 bridgehead atoms. The Labute approximate surface area is 135 Å². The van der Waals surface area contributed by atoms with E-state index in [1.54, 1.807) is 0 Å². The van der Waals surface area contributed by atoms with Gasteiger partial charge in [0, 0.05) is 23.4 Å². The van der Waals surface area contributed by atoms with Gasteiger partial charge >= 0.3 is 6.09 Å². The van der Waals surface area contributed by atoms with Crippen LogP contribution in [0.2, 0.25) is 0 Å². The maximum Gasteiger partial charge on any atom is 0.410 e. The van der Waals surface area contributed by atoms with E-state index in [1.165, 1.54) is 17.8 Å². The number of nitrogens with one attached hydrogen (secondary N) is 1. The molecule has 122 valence electrons. The summed E-state index contributed by atoms with van der Waals surface area (Å²) in [7, 11) is 0. The van der Waals surface area contributed by atoms with Crippen molar-refractivity contribution in [3.05, 3.63) is 39.7 Å². The lowest BCUT2D eigenvalue weighted by molar-refractivity contribution is -0.385. The average Bonchev–Trinajstić information content (AvgIpc) is 2.90. The van der Waals surface area contributed by atoms with E-state index >= 15 is 0 Å². The number of amides is 1. The van der Waals surface area contributed by atoms with Crippen LogP contribution >= 0.6 is 11.8 Å². The number of thioether (sulfide) groups is 1. The molecule has 2 N–H and O–H groups in total. The van der Waals surface area contributed by atoms with E-state index < -0.39 is 22.4 Å². The van der Waals surface area contributed by atoms with E-state index in [9.17, 15) is 19.3 Å². The summed E-state index contributed by atoms with van der Waals surface area (Å²) in [6.07, 6.45) is 0.958. The highest BCUT2D eigenvalue weighted by molar-refractivity contribution is 8.13. The van der Waals surface area contributed by atoms with Crippen LogP contribution in [-0.4, -0.2) is 27.0 Å². The number of nitrogens with zero attached hydrogens (tertiary/aromatic N) is 2. The monoisotopic (exact) mass is 339 g/mol. The number of halogens is 1. The summed E-state index contributed by atoms with van der Waals surface area (Å²) in [5, 5.41) is 22.3. The Balaban J connectivity index is 2.11. The van der Waals surface area contributed by atoms with E-state index in [1.807, 2.05) is 0 Å². The van der Waals surface area contributed by atoms with E-state index in [0.29, 0.717) is 12.2 Å². The molecule has 1 fully saturated rings. The van der Waals surface area contributed by atoms with Crippen molar-refractivity contribution in [3.8, 4) is 0 Å². The number of hydrogen-bond acceptors (Lipinski definition) is 5. The number of amidine groups is 1. The van der Waals surface area contributed by atoms with E-state index in [0.717, 1.165) is 25.0 Å². The molecule has 2 atom stereocenters. The first-order chi connectivity index (χ1) is 10.9. The van der Waals surface area contributed by atoms with Crippen molar-refractivity contribution in [3.63, 3.8) is 0 Å². The lowest BCUT2D eigenvalue weighted by atomic mass is 9.81. The molecule has 0 unspecified atom stereocenters. The quantitative estimate of drug-likeness (QED) is 0.636. The third-order valence-electron chi connectivity index (χ3n) is 4.35. The molecule has 1 aliphatic carbocycles. The third kappa shape index (κ3) is 2.76. The molecule has 23 heavy (non-hydrogen) atoms. The number of benzene rings is 1. The Kier molecular flexibility index (Phi) is 3.97. The Morgan fingerprint density at radius 3 is 3.04 bits per heavy atom. The second-order valence-electron chi connectivity index (χ2n) is 5.59. The van der Waals surface area contributed by atoms with Gasteiger partial charge in [-0.3, -0.25) is 20.4 Å². The van der Waals surface area contributed by atoms with Crippen LogP contribution in [0.1, 0.15) is 24.8 Å². The lowest BCUT2D eigenvalue weighted by Gasteiger charge is -2.36. The Bertz CT molecular complexity index is 711. The zero-order valence-corrected chi connectivity index (χ0v) is 12.8. The second kappa shape index (κ2) is 5.80. The average molecular weight is 339 g/mol. The predicted octanol–water partition coefficient (Wildman–Crippen LogP) is 3.10. The van der Waals surface area contributed by atoms with Gasteiger partial charge < -0.3 is 5.11 Å². The molecule has 0 spiro atoms. The Morgan fingerprint density at radius 2 is 2.35 bits per heavy atom. The number of non-ortho nitro benzene ring substituents is 1. The van der Waals surface area contributed by atoms with Crippen LogP contribution < -0.4 is 5.32 Å². The molecule has 1 aliphatic heterocycles. The topological polar surface area (TPSA) is 105 Å². The van der Waals surface area contributed by atoms with Crippen molar-refractivity contribution < 1.29 is 19.2 Å². The van der Waals surface area contributed by atoms with Crippen LogP contribution in [0.4, 0.5) is 14.9 Å². The lowest BCUT2D eigenvalue weighted by Crippen LogP contribution is -2.40. The zero-order chi connectivity index (χ0) is 16.6. The van der Waals surface area contributed by atoms with Gasteiger partial charge in [0.2, 0.25) is 0 Å². The first-order valence-corrected chi connectivity index (χ1v) is 8.08. The molecular weight excluding hydrogens is 325 g/mol. The molecule has 1 heterocycles. The second-order valence-corrected chi connectivity index (χ2v) is 6.60. The number of nitro benzene ring substituents is 1. The highest BCUT2D eigenvalue weighted by Crippen LogP contribution is 2.52. The number of fused-ring (bicyclic) bond motifs is 1. The van der Waals surface area contributed by atoms with Crippen molar-refractivity contribution in [2.45, 2.75) is 24.8 Å². The van der Waals surface area contributed by atoms with Gasteiger partial charge in [-0.05, 0) is 24.8 Å². The summed E-state index contributed by atoms with van der Waals surface area (Å²) in [6.45, 7) is 0. The molecule has 7 nitrogen and oxygen atoms in total. The van der Waals surface area contributed by atoms with Gasteiger partial charge in [-0.15, -0.1) is 0 Å². The Morgan fingerprint density at radius 1 is 1.57 bits per heavy atom. The molecule has 1 amide bonds. The fourth-order valence-electron chi connectivity index (χ4n) is 3.35. The van der Waals surface area contributed by atoms with Gasteiger partial charge in [0.05, 0.1) is 10.5 Å². The minimum atomic E-state index is -1.23. The van der Waals surface area contributed by atoms with Crippen molar-refractivity contribution in [1.29, 1.82) is 0 Å². The minimum absolute atomic E-state index is 0.0309. The summed E-state index contributed by atoms with van der Waals surface area (Å²) in [4.78, 5) is 25.7. The summed E-state index contributed by atoms with van der Waals surface area (Å²) in [6, 6.07) is 3.43. The number of aliphatic imine (C=N–C) groups is 1. The van der Waals surface area contributed by atoms with Gasteiger partial charge in [0.15, 0.2) is 5.17 Å². The minimum Gasteiger partial charge on any atom is -0.465 e. The highest BCUT2D eigenvalue weighted by Gasteiger charge is 2.48. The summed E-state index contributed by atoms with van der Waals surface area (Å²) >= 11 is 1.28. The number of rotatable bonds is 2. The van der Waals surface area contributed by atoms with Crippen LogP contribution in [-0.2, 0) is 5.54 Å². The van der Waals surface area contributed by atoms with Crippen LogP contribution in [0, 0.1) is 21.8 Å². The Hall–Kier alpha value is -2.16. The first-order valence-electron chi connectivity index (χ1n) is 7.09. The van der Waals surface area contributed by atoms with E-state index in [2.05, 4.69) is 10.3 Å². The van der Waals surface area contributed by atoms with Gasteiger partial charge in [-0.1, -0.05) is 18.2 Å². The van der Waals surface area contributed by atoms with Gasteiger partial charge in [-0.2, -0.15) is 0 Å². The molecule has 0 saturated heterocycles. The molecule has 1 aromatic carbocycles. The first kappa shape index (κ1) is 15.7. The molecule has 1 saturated carbocycles. The zero-order valence-electron chi connectivity index (χ0n) is 12.0. The van der Waals surface area contributed by atoms with Crippen molar-refractivity contribution >= 4 is 28.7 Å². The maximum atomic E-state index is 14.4. The van der Waals surface area contributed by atoms with E-state index in [4.69, 9.17) is 5.11 Å². The predicted molar refractivity (Wildman–Crippen MR) is 83.1 cm³/mol. The van der Waals surface area contributed by atoms with Crippen LogP contribution in [0.25, 0.3) is 0 Å². The van der Waals surface area contributed by atoms with Gasteiger partial charge in [0.1, 0.15) is 5.82 Å². The molecule has 0 aromatic heterocycles. The summed E-state index contributed by atoms with van der Waals surface area (Å²) in [5.74, 6) is 0.0810. The van der Waals surface area contributed by atoms with Crippen LogP contribution in [0.3, 0.4) is 0 Å². The fourth-order valence-corrected chi connectivity index (χ4v) is 4.54. The van der Waals surface area contributed by atoms with Gasteiger partial charge in [0.25, 0.3) is 5.69 Å².